The molecule has 64 valence electrons. The van der Waals surface area contributed by atoms with Crippen molar-refractivity contribution >= 4 is 5.78 Å². The maximum atomic E-state index is 11.5. The number of carbonyl (C=O) groups is 1. The minimum atomic E-state index is -0.172. The van der Waals surface area contributed by atoms with Gasteiger partial charge in [0.25, 0.3) is 0 Å². The SMILES string of the molecule is CC(C)(C)C(=O)C1CC1CN. The molecule has 1 rings (SSSR count). The second-order valence-electron chi connectivity index (χ2n) is 4.45. The van der Waals surface area contributed by atoms with E-state index in [0.29, 0.717) is 18.2 Å². The number of nitrogens with two attached hydrogens (primary N) is 1. The van der Waals surface area contributed by atoms with Crippen LogP contribution in [0.15, 0.2) is 0 Å². The van der Waals surface area contributed by atoms with Crippen LogP contribution in [0.2, 0.25) is 0 Å². The Kier molecular flexibility index (Phi) is 2.06. The molecule has 0 spiro atoms. The molecule has 0 amide bonds. The predicted molar refractivity (Wildman–Crippen MR) is 45.1 cm³/mol. The summed E-state index contributed by atoms with van der Waals surface area (Å²) in [5, 5.41) is 0. The fourth-order valence-electron chi connectivity index (χ4n) is 1.39. The molecule has 2 heteroatoms. The van der Waals surface area contributed by atoms with Crippen LogP contribution in [0.1, 0.15) is 27.2 Å². The fraction of sp³-hybridized carbons (Fsp3) is 0.889. The second-order valence-corrected chi connectivity index (χ2v) is 4.45. The van der Waals surface area contributed by atoms with Crippen molar-refractivity contribution in [1.29, 1.82) is 0 Å². The molecule has 2 unspecified atom stereocenters. The molecular formula is C9H17NO. The Hall–Kier alpha value is -0.370. The Morgan fingerprint density at radius 1 is 1.55 bits per heavy atom. The zero-order valence-electron chi connectivity index (χ0n) is 7.55. The molecule has 11 heavy (non-hydrogen) atoms. The van der Waals surface area contributed by atoms with Gasteiger partial charge in [-0.2, -0.15) is 0 Å². The van der Waals surface area contributed by atoms with E-state index in [-0.39, 0.29) is 11.3 Å². The summed E-state index contributed by atoms with van der Waals surface area (Å²) in [6.07, 6.45) is 1.02. The highest BCUT2D eigenvalue weighted by Gasteiger charge is 2.45. The van der Waals surface area contributed by atoms with Gasteiger partial charge < -0.3 is 5.73 Å². The molecular weight excluding hydrogens is 138 g/mol. The molecule has 0 aromatic carbocycles. The van der Waals surface area contributed by atoms with Gasteiger partial charge in [-0.15, -0.1) is 0 Å². The first-order chi connectivity index (χ1) is 4.96. The van der Waals surface area contributed by atoms with Crippen LogP contribution in [-0.2, 0) is 4.79 Å². The molecule has 2 atom stereocenters. The Morgan fingerprint density at radius 2 is 2.09 bits per heavy atom. The number of carbonyl (C=O) groups excluding carboxylic acids is 1. The predicted octanol–water partition coefficient (Wildman–Crippen LogP) is 1.20. The molecule has 0 aromatic rings. The van der Waals surface area contributed by atoms with Crippen molar-refractivity contribution in [2.24, 2.45) is 23.0 Å². The average molecular weight is 155 g/mol. The van der Waals surface area contributed by atoms with Crippen LogP contribution in [0.3, 0.4) is 0 Å². The molecule has 0 radical (unpaired) electrons. The van der Waals surface area contributed by atoms with Gasteiger partial charge >= 0.3 is 0 Å². The molecule has 2 N–H and O–H groups in total. The van der Waals surface area contributed by atoms with E-state index in [1.165, 1.54) is 0 Å². The summed E-state index contributed by atoms with van der Waals surface area (Å²) in [4.78, 5) is 11.5. The van der Waals surface area contributed by atoms with Gasteiger partial charge in [0.1, 0.15) is 5.78 Å². The Bertz CT molecular complexity index is 169. The normalized spacial score (nSPS) is 30.2. The standard InChI is InChI=1S/C9H17NO/c1-9(2,3)8(11)7-4-6(7)5-10/h6-7H,4-5,10H2,1-3H3. The summed E-state index contributed by atoms with van der Waals surface area (Å²) in [7, 11) is 0. The molecule has 0 heterocycles. The van der Waals surface area contributed by atoms with Crippen LogP contribution < -0.4 is 5.73 Å². The molecule has 1 fully saturated rings. The number of ketones is 1. The maximum absolute atomic E-state index is 11.5. The van der Waals surface area contributed by atoms with Gasteiger partial charge in [-0.3, -0.25) is 4.79 Å². The number of rotatable bonds is 2. The summed E-state index contributed by atoms with van der Waals surface area (Å²) in [5.41, 5.74) is 5.28. The highest BCUT2D eigenvalue weighted by Crippen LogP contribution is 2.42. The fourth-order valence-corrected chi connectivity index (χ4v) is 1.39. The van der Waals surface area contributed by atoms with Crippen LogP contribution in [0.5, 0.6) is 0 Å². The average Bonchev–Trinajstić information content (AvgIpc) is 2.62. The summed E-state index contributed by atoms with van der Waals surface area (Å²) < 4.78 is 0. The molecule has 0 aromatic heterocycles. The van der Waals surface area contributed by atoms with Crippen LogP contribution in [0, 0.1) is 17.3 Å². The van der Waals surface area contributed by atoms with Crippen molar-refractivity contribution in [1.82, 2.24) is 0 Å². The topological polar surface area (TPSA) is 43.1 Å². The molecule has 2 nitrogen and oxygen atoms in total. The van der Waals surface area contributed by atoms with Crippen LogP contribution in [-0.4, -0.2) is 12.3 Å². The van der Waals surface area contributed by atoms with Gasteiger partial charge in [-0.1, -0.05) is 20.8 Å². The highest BCUT2D eigenvalue weighted by molar-refractivity contribution is 5.88. The Labute approximate surface area is 68.2 Å². The lowest BCUT2D eigenvalue weighted by Crippen LogP contribution is -2.23. The van der Waals surface area contributed by atoms with Crippen LogP contribution in [0.25, 0.3) is 0 Å². The van der Waals surface area contributed by atoms with Gasteiger partial charge in [-0.05, 0) is 18.9 Å². The van der Waals surface area contributed by atoms with E-state index >= 15 is 0 Å². The van der Waals surface area contributed by atoms with Crippen molar-refractivity contribution in [3.8, 4) is 0 Å². The van der Waals surface area contributed by atoms with Gasteiger partial charge in [0, 0.05) is 11.3 Å². The lowest BCUT2D eigenvalue weighted by atomic mass is 9.87. The van der Waals surface area contributed by atoms with Crippen molar-refractivity contribution in [2.75, 3.05) is 6.54 Å². The van der Waals surface area contributed by atoms with Gasteiger partial charge in [0.05, 0.1) is 0 Å². The molecule has 0 saturated heterocycles. The van der Waals surface area contributed by atoms with E-state index < -0.39 is 0 Å². The lowest BCUT2D eigenvalue weighted by Gasteiger charge is -2.15. The molecule has 1 saturated carbocycles. The van der Waals surface area contributed by atoms with E-state index in [0.717, 1.165) is 6.42 Å². The third-order valence-electron chi connectivity index (χ3n) is 2.30. The second kappa shape index (κ2) is 2.59. The highest BCUT2D eigenvalue weighted by atomic mass is 16.1. The first-order valence-corrected chi connectivity index (χ1v) is 4.21. The minimum absolute atomic E-state index is 0.172. The monoisotopic (exact) mass is 155 g/mol. The largest absolute Gasteiger partial charge is 0.330 e. The van der Waals surface area contributed by atoms with Crippen molar-refractivity contribution < 1.29 is 4.79 Å². The van der Waals surface area contributed by atoms with Crippen molar-refractivity contribution in [3.05, 3.63) is 0 Å². The number of Topliss-reactive ketones (excluding diaryl/α,β-unsaturated/α-hetero) is 1. The number of hydrogen-bond donors (Lipinski definition) is 1. The van der Waals surface area contributed by atoms with Gasteiger partial charge in [-0.25, -0.2) is 0 Å². The first-order valence-electron chi connectivity index (χ1n) is 4.21. The van der Waals surface area contributed by atoms with E-state index in [9.17, 15) is 4.79 Å². The van der Waals surface area contributed by atoms with E-state index in [2.05, 4.69) is 0 Å². The quantitative estimate of drug-likeness (QED) is 0.651. The van der Waals surface area contributed by atoms with Crippen molar-refractivity contribution in [2.45, 2.75) is 27.2 Å². The lowest BCUT2D eigenvalue weighted by molar-refractivity contribution is -0.127. The third kappa shape index (κ3) is 1.80. The molecule has 1 aliphatic carbocycles. The van der Waals surface area contributed by atoms with Crippen molar-refractivity contribution in [3.63, 3.8) is 0 Å². The zero-order valence-corrected chi connectivity index (χ0v) is 7.55. The zero-order chi connectivity index (χ0) is 8.65. The first kappa shape index (κ1) is 8.72. The summed E-state index contributed by atoms with van der Waals surface area (Å²) in [6.45, 7) is 6.59. The summed E-state index contributed by atoms with van der Waals surface area (Å²) in [5.74, 6) is 1.15. The minimum Gasteiger partial charge on any atom is -0.330 e. The molecule has 0 aliphatic heterocycles. The van der Waals surface area contributed by atoms with E-state index in [4.69, 9.17) is 5.73 Å². The summed E-state index contributed by atoms with van der Waals surface area (Å²) in [6, 6.07) is 0. The van der Waals surface area contributed by atoms with E-state index in [1.54, 1.807) is 0 Å². The van der Waals surface area contributed by atoms with Crippen LogP contribution in [0.4, 0.5) is 0 Å². The smallest absolute Gasteiger partial charge is 0.141 e. The molecule has 0 bridgehead atoms. The van der Waals surface area contributed by atoms with Gasteiger partial charge in [0.15, 0.2) is 0 Å². The van der Waals surface area contributed by atoms with Crippen LogP contribution >= 0.6 is 0 Å². The Morgan fingerprint density at radius 3 is 2.36 bits per heavy atom. The maximum Gasteiger partial charge on any atom is 0.141 e. The summed E-state index contributed by atoms with van der Waals surface area (Å²) >= 11 is 0. The van der Waals surface area contributed by atoms with Gasteiger partial charge in [0.2, 0.25) is 0 Å². The van der Waals surface area contributed by atoms with E-state index in [1.807, 2.05) is 20.8 Å². The number of hydrogen-bond acceptors (Lipinski definition) is 2. The Balaban J connectivity index is 2.46. The molecule has 1 aliphatic rings. The third-order valence-corrected chi connectivity index (χ3v) is 2.30.